The summed E-state index contributed by atoms with van der Waals surface area (Å²) >= 11 is 0. The fourth-order valence-electron chi connectivity index (χ4n) is 2.08. The van der Waals surface area contributed by atoms with Gasteiger partial charge in [-0.2, -0.15) is 0 Å². The summed E-state index contributed by atoms with van der Waals surface area (Å²) in [4.78, 5) is 13.3. The summed E-state index contributed by atoms with van der Waals surface area (Å²) in [6.07, 6.45) is -1.44. The van der Waals surface area contributed by atoms with Crippen LogP contribution in [0.1, 0.15) is 41.0 Å². The molecule has 6 nitrogen and oxygen atoms in total. The number of amides is 1. The summed E-state index contributed by atoms with van der Waals surface area (Å²) in [5.41, 5.74) is -3.91. The van der Waals surface area contributed by atoms with Crippen LogP contribution in [0.15, 0.2) is 0 Å². The lowest BCUT2D eigenvalue weighted by Gasteiger charge is -2.48. The summed E-state index contributed by atoms with van der Waals surface area (Å²) in [5.74, 6) is 0. The number of rotatable bonds is 1. The second kappa shape index (κ2) is 4.92. The minimum atomic E-state index is -1.76. The van der Waals surface area contributed by atoms with Crippen molar-refractivity contribution in [2.75, 3.05) is 13.1 Å². The van der Waals surface area contributed by atoms with E-state index in [9.17, 15) is 20.1 Å². The number of β-amino-alcohol motifs (C(OH)–C–C–N with tert-alkyl or cyclic N) is 1. The van der Waals surface area contributed by atoms with E-state index in [1.54, 1.807) is 20.8 Å². The van der Waals surface area contributed by atoms with E-state index in [1.165, 1.54) is 18.7 Å². The molecule has 1 amide bonds. The van der Waals surface area contributed by atoms with Gasteiger partial charge in [0.2, 0.25) is 0 Å². The van der Waals surface area contributed by atoms with Crippen LogP contribution < -0.4 is 0 Å². The van der Waals surface area contributed by atoms with E-state index in [1.807, 2.05) is 0 Å². The zero-order valence-electron chi connectivity index (χ0n) is 12.3. The molecule has 0 radical (unpaired) electrons. The molecule has 112 valence electrons. The maximum Gasteiger partial charge on any atom is 0.410 e. The number of piperidine rings is 1. The quantitative estimate of drug-likeness (QED) is 0.648. The first-order chi connectivity index (χ1) is 8.37. The third-order valence-electron chi connectivity index (χ3n) is 3.37. The molecule has 3 N–H and O–H groups in total. The number of aliphatic hydroxyl groups is 3. The average molecular weight is 275 g/mol. The summed E-state index contributed by atoms with van der Waals surface area (Å²) in [6, 6.07) is 0. The highest BCUT2D eigenvalue weighted by Crippen LogP contribution is 2.32. The Morgan fingerprint density at radius 1 is 1.32 bits per heavy atom. The molecule has 19 heavy (non-hydrogen) atoms. The Balaban J connectivity index is 2.84. The predicted octanol–water partition coefficient (Wildman–Crippen LogP) is 0.490. The molecule has 0 aliphatic carbocycles. The number of aliphatic hydroxyl groups excluding tert-OH is 1. The average Bonchev–Trinajstić information content (AvgIpc) is 2.17. The van der Waals surface area contributed by atoms with Crippen molar-refractivity contribution in [2.24, 2.45) is 0 Å². The molecular weight excluding hydrogens is 250 g/mol. The van der Waals surface area contributed by atoms with Gasteiger partial charge >= 0.3 is 6.09 Å². The van der Waals surface area contributed by atoms with Crippen LogP contribution in [0, 0.1) is 0 Å². The van der Waals surface area contributed by atoms with Gasteiger partial charge in [0.05, 0.1) is 18.2 Å². The highest BCUT2D eigenvalue weighted by atomic mass is 16.6. The van der Waals surface area contributed by atoms with Crippen LogP contribution in [0.2, 0.25) is 0 Å². The van der Waals surface area contributed by atoms with Crippen molar-refractivity contribution in [2.45, 2.75) is 63.9 Å². The number of hydrogen-bond acceptors (Lipinski definition) is 5. The number of hydrogen-bond donors (Lipinski definition) is 3. The number of likely N-dealkylation sites (tertiary alicyclic amines) is 1. The van der Waals surface area contributed by atoms with Crippen LogP contribution in [0.3, 0.4) is 0 Å². The number of ether oxygens (including phenoxy) is 1. The molecule has 1 fully saturated rings. The fraction of sp³-hybridized carbons (Fsp3) is 0.923. The maximum absolute atomic E-state index is 12.0. The zero-order valence-corrected chi connectivity index (χ0v) is 12.3. The van der Waals surface area contributed by atoms with Crippen molar-refractivity contribution in [1.82, 2.24) is 4.90 Å². The van der Waals surface area contributed by atoms with E-state index in [4.69, 9.17) is 4.74 Å². The van der Waals surface area contributed by atoms with Crippen molar-refractivity contribution in [3.05, 3.63) is 0 Å². The van der Waals surface area contributed by atoms with Gasteiger partial charge in [0.25, 0.3) is 0 Å². The first-order valence-corrected chi connectivity index (χ1v) is 6.47. The normalized spacial score (nSPS) is 29.3. The minimum Gasteiger partial charge on any atom is -0.444 e. The summed E-state index contributed by atoms with van der Waals surface area (Å²) in [5, 5.41) is 30.4. The third kappa shape index (κ3) is 3.58. The molecule has 0 saturated carbocycles. The predicted molar refractivity (Wildman–Crippen MR) is 69.7 cm³/mol. The molecule has 1 rings (SSSR count). The van der Waals surface area contributed by atoms with Gasteiger partial charge in [-0.1, -0.05) is 0 Å². The molecule has 0 bridgehead atoms. The van der Waals surface area contributed by atoms with Crippen LogP contribution in [0.4, 0.5) is 4.79 Å². The topological polar surface area (TPSA) is 90.2 Å². The Morgan fingerprint density at radius 3 is 2.26 bits per heavy atom. The Morgan fingerprint density at radius 2 is 1.84 bits per heavy atom. The first kappa shape index (κ1) is 16.2. The molecule has 0 aromatic rings. The molecule has 2 atom stereocenters. The molecule has 0 unspecified atom stereocenters. The SMILES string of the molecule is CC(C)(C)OC(=O)N1CC[C@H](O)[C@@](O)(C(C)(C)O)C1. The Kier molecular flexibility index (Phi) is 4.20. The lowest BCUT2D eigenvalue weighted by atomic mass is 9.77. The van der Waals surface area contributed by atoms with Gasteiger partial charge in [0.1, 0.15) is 11.2 Å². The Bertz CT molecular complexity index is 344. The molecular formula is C13H25NO5. The van der Waals surface area contributed by atoms with E-state index in [0.717, 1.165) is 0 Å². The minimum absolute atomic E-state index is 0.160. The van der Waals surface area contributed by atoms with Crippen LogP contribution >= 0.6 is 0 Å². The van der Waals surface area contributed by atoms with E-state index in [-0.39, 0.29) is 19.5 Å². The molecule has 0 spiro atoms. The van der Waals surface area contributed by atoms with E-state index in [2.05, 4.69) is 0 Å². The Hall–Kier alpha value is -0.850. The van der Waals surface area contributed by atoms with Crippen molar-refractivity contribution in [1.29, 1.82) is 0 Å². The highest BCUT2D eigenvalue weighted by Gasteiger charge is 2.52. The smallest absolute Gasteiger partial charge is 0.410 e. The molecule has 1 saturated heterocycles. The third-order valence-corrected chi connectivity index (χ3v) is 3.37. The second-order valence-electron chi connectivity index (χ2n) is 6.69. The summed E-state index contributed by atoms with van der Waals surface area (Å²) < 4.78 is 5.23. The molecule has 1 aliphatic rings. The van der Waals surface area contributed by atoms with Gasteiger partial charge in [-0.15, -0.1) is 0 Å². The molecule has 1 aliphatic heterocycles. The van der Waals surface area contributed by atoms with Crippen molar-refractivity contribution < 1.29 is 24.9 Å². The molecule has 1 heterocycles. The molecule has 0 aromatic carbocycles. The number of carbonyl (C=O) groups excluding carboxylic acids is 1. The standard InChI is InChI=1S/C13H25NO5/c1-11(2,3)19-10(16)14-7-6-9(15)13(18,8-14)12(4,5)17/h9,15,17-18H,6-8H2,1-5H3/t9-,13+/m0/s1. The van der Waals surface area contributed by atoms with Crippen molar-refractivity contribution in [3.8, 4) is 0 Å². The van der Waals surface area contributed by atoms with E-state index < -0.39 is 29.0 Å². The van der Waals surface area contributed by atoms with Crippen LogP contribution in [-0.2, 0) is 4.74 Å². The second-order valence-corrected chi connectivity index (χ2v) is 6.69. The van der Waals surface area contributed by atoms with Crippen molar-refractivity contribution in [3.63, 3.8) is 0 Å². The number of nitrogens with zero attached hydrogens (tertiary/aromatic N) is 1. The summed E-state index contributed by atoms with van der Waals surface area (Å²) in [7, 11) is 0. The van der Waals surface area contributed by atoms with Crippen LogP contribution in [0.5, 0.6) is 0 Å². The van der Waals surface area contributed by atoms with Gasteiger partial charge in [0, 0.05) is 6.54 Å². The maximum atomic E-state index is 12.0. The largest absolute Gasteiger partial charge is 0.444 e. The lowest BCUT2D eigenvalue weighted by molar-refractivity contribution is -0.209. The molecule has 0 aromatic heterocycles. The van der Waals surface area contributed by atoms with Crippen LogP contribution in [-0.4, -0.2) is 62.3 Å². The Labute approximate surface area is 114 Å². The fourth-order valence-corrected chi connectivity index (χ4v) is 2.08. The zero-order chi connectivity index (χ0) is 15.1. The van der Waals surface area contributed by atoms with Gasteiger partial charge < -0.3 is 25.0 Å². The van der Waals surface area contributed by atoms with E-state index in [0.29, 0.717) is 0 Å². The number of carbonyl (C=O) groups is 1. The van der Waals surface area contributed by atoms with Crippen molar-refractivity contribution >= 4 is 6.09 Å². The lowest BCUT2D eigenvalue weighted by Crippen LogP contribution is -2.67. The van der Waals surface area contributed by atoms with E-state index >= 15 is 0 Å². The monoisotopic (exact) mass is 275 g/mol. The summed E-state index contributed by atoms with van der Waals surface area (Å²) in [6.45, 7) is 8.22. The molecule has 6 heteroatoms. The van der Waals surface area contributed by atoms with Gasteiger partial charge in [-0.25, -0.2) is 4.79 Å². The van der Waals surface area contributed by atoms with Gasteiger partial charge in [-0.3, -0.25) is 0 Å². The van der Waals surface area contributed by atoms with Gasteiger partial charge in [-0.05, 0) is 41.0 Å². The highest BCUT2D eigenvalue weighted by molar-refractivity contribution is 5.68. The van der Waals surface area contributed by atoms with Gasteiger partial charge in [0.15, 0.2) is 0 Å². The van der Waals surface area contributed by atoms with Crippen LogP contribution in [0.25, 0.3) is 0 Å². The first-order valence-electron chi connectivity index (χ1n) is 6.47.